The van der Waals surface area contributed by atoms with Crippen LogP contribution in [0.25, 0.3) is 0 Å². The Morgan fingerprint density at radius 2 is 2.00 bits per heavy atom. The third-order valence-corrected chi connectivity index (χ3v) is 0.424. The Labute approximate surface area is 40.3 Å². The molecule has 0 nitrogen and oxygen atoms in total. The molecule has 1 heteroatoms. The first kappa shape index (κ1) is 4.96. The standard InChI is InChI=1S/C4H3Br/c1-3-4(2)5/h1-3H. The van der Waals surface area contributed by atoms with Gasteiger partial charge in [-0.3, -0.25) is 0 Å². The van der Waals surface area contributed by atoms with Crippen molar-refractivity contribution in [3.63, 3.8) is 0 Å². The summed E-state index contributed by atoms with van der Waals surface area (Å²) in [6.07, 6.45) is 1.28. The molecular formula is C4H3Br. The van der Waals surface area contributed by atoms with Crippen molar-refractivity contribution in [1.29, 1.82) is 0 Å². The van der Waals surface area contributed by atoms with Crippen LogP contribution in [0.1, 0.15) is 0 Å². The van der Waals surface area contributed by atoms with E-state index in [1.807, 2.05) is 0 Å². The molecule has 5 heavy (non-hydrogen) atoms. The molecule has 0 aliphatic heterocycles. The Balaban J connectivity index is 3.20. The van der Waals surface area contributed by atoms with Crippen LogP contribution in [0.15, 0.2) is 10.6 Å². The second kappa shape index (κ2) is 2.21. The first-order chi connectivity index (χ1) is 2.27. The molecule has 0 fully saturated rings. The van der Waals surface area contributed by atoms with Crippen LogP contribution in [0.3, 0.4) is 0 Å². The van der Waals surface area contributed by atoms with Crippen molar-refractivity contribution in [3.05, 3.63) is 23.7 Å². The van der Waals surface area contributed by atoms with Crippen LogP contribution in [-0.2, 0) is 0 Å². The van der Waals surface area contributed by atoms with E-state index in [2.05, 4.69) is 15.9 Å². The Hall–Kier alpha value is -0.0400. The number of allylic oxidation sites excluding steroid dienone is 2. The maximum Gasteiger partial charge on any atom is 0.0175 e. The van der Waals surface area contributed by atoms with Gasteiger partial charge in [-0.1, -0.05) is 22.5 Å². The molecule has 0 saturated heterocycles. The fraction of sp³-hybridized carbons (Fsp3) is 0. The number of hydrogen-bond acceptors (Lipinski definition) is 0. The molecule has 0 N–H and O–H groups in total. The topological polar surface area (TPSA) is 0 Å². The molecule has 0 amide bonds. The monoisotopic (exact) mass is 130 g/mol. The van der Waals surface area contributed by atoms with Gasteiger partial charge >= 0.3 is 0 Å². The number of hydrogen-bond donors (Lipinski definition) is 0. The van der Waals surface area contributed by atoms with E-state index in [1.54, 1.807) is 0 Å². The van der Waals surface area contributed by atoms with Crippen LogP contribution in [0.2, 0.25) is 0 Å². The zero-order chi connectivity index (χ0) is 4.28. The highest BCUT2D eigenvalue weighted by Gasteiger charge is 1.63. The van der Waals surface area contributed by atoms with Crippen LogP contribution in [0.4, 0.5) is 0 Å². The fourth-order valence-electron chi connectivity index (χ4n) is 0. The van der Waals surface area contributed by atoms with Gasteiger partial charge in [-0.25, -0.2) is 0 Å². The van der Waals surface area contributed by atoms with Gasteiger partial charge < -0.3 is 0 Å². The minimum Gasteiger partial charge on any atom is -0.0611 e. The van der Waals surface area contributed by atoms with E-state index in [-0.39, 0.29) is 0 Å². The third kappa shape index (κ3) is 3.96. The average Bonchev–Trinajstić information content (AvgIpc) is 1.38. The summed E-state index contributed by atoms with van der Waals surface area (Å²) in [6, 6.07) is 0. The van der Waals surface area contributed by atoms with Crippen LogP contribution in [0.5, 0.6) is 0 Å². The molecule has 0 aliphatic rings. The molecule has 0 aromatic carbocycles. The summed E-state index contributed by atoms with van der Waals surface area (Å²) in [4.78, 5) is 0. The van der Waals surface area contributed by atoms with Crippen LogP contribution in [0, 0.1) is 13.2 Å². The second-order valence-electron chi connectivity index (χ2n) is 0.552. The normalized spacial score (nSPS) is 6.60. The van der Waals surface area contributed by atoms with E-state index in [0.717, 1.165) is 0 Å². The predicted molar refractivity (Wildman–Crippen MR) is 25.6 cm³/mol. The lowest BCUT2D eigenvalue weighted by atomic mass is 10.6. The molecule has 0 heterocycles. The number of halogens is 1. The lowest BCUT2D eigenvalue weighted by Gasteiger charge is -1.67. The second-order valence-corrected chi connectivity index (χ2v) is 1.47. The smallest absolute Gasteiger partial charge is 0.0175 e. The van der Waals surface area contributed by atoms with Crippen molar-refractivity contribution in [1.82, 2.24) is 0 Å². The van der Waals surface area contributed by atoms with E-state index in [0.29, 0.717) is 4.48 Å². The van der Waals surface area contributed by atoms with Crippen molar-refractivity contribution < 1.29 is 0 Å². The molecular weight excluding hydrogens is 128 g/mol. The molecule has 0 atom stereocenters. The van der Waals surface area contributed by atoms with Gasteiger partial charge in [-0.2, -0.15) is 0 Å². The first-order valence-electron chi connectivity index (χ1n) is 1.10. The Kier molecular flexibility index (Phi) is 2.19. The summed E-state index contributed by atoms with van der Waals surface area (Å²) in [6.45, 7) is 9.78. The summed E-state index contributed by atoms with van der Waals surface area (Å²) in [7, 11) is 0. The molecule has 0 bridgehead atoms. The molecule has 0 aliphatic carbocycles. The highest BCUT2D eigenvalue weighted by atomic mass is 79.9. The van der Waals surface area contributed by atoms with Gasteiger partial charge in [0, 0.05) is 4.48 Å². The van der Waals surface area contributed by atoms with Gasteiger partial charge in [0.25, 0.3) is 0 Å². The molecule has 0 unspecified atom stereocenters. The highest BCUT2D eigenvalue weighted by Crippen LogP contribution is 1.96. The van der Waals surface area contributed by atoms with E-state index >= 15 is 0 Å². The maximum atomic E-state index is 4.94. The summed E-state index contributed by atoms with van der Waals surface area (Å²) in [5, 5.41) is 0. The zero-order valence-electron chi connectivity index (χ0n) is 2.61. The highest BCUT2D eigenvalue weighted by molar-refractivity contribution is 9.11. The SMILES string of the molecule is [CH]=CC(=[CH])Br. The van der Waals surface area contributed by atoms with Crippen molar-refractivity contribution in [2.24, 2.45) is 0 Å². The van der Waals surface area contributed by atoms with Crippen molar-refractivity contribution in [2.75, 3.05) is 0 Å². The minimum atomic E-state index is 0.470. The zero-order valence-corrected chi connectivity index (χ0v) is 4.20. The Morgan fingerprint density at radius 3 is 2.00 bits per heavy atom. The first-order valence-corrected chi connectivity index (χ1v) is 1.89. The number of rotatable bonds is 1. The summed E-state index contributed by atoms with van der Waals surface area (Å²) < 4.78 is 0.470. The molecule has 0 saturated carbocycles. The van der Waals surface area contributed by atoms with Gasteiger partial charge in [0.2, 0.25) is 0 Å². The fourth-order valence-corrected chi connectivity index (χ4v) is 0. The third-order valence-electron chi connectivity index (χ3n) is 0.159. The van der Waals surface area contributed by atoms with E-state index < -0.39 is 0 Å². The van der Waals surface area contributed by atoms with Crippen LogP contribution >= 0.6 is 15.9 Å². The molecule has 0 aromatic heterocycles. The molecule has 0 spiro atoms. The molecule has 0 aromatic rings. The maximum absolute atomic E-state index is 4.94. The molecule has 26 valence electrons. The quantitative estimate of drug-likeness (QED) is 0.475. The average molecular weight is 131 g/mol. The lowest BCUT2D eigenvalue weighted by molar-refractivity contribution is 2.03. The van der Waals surface area contributed by atoms with Gasteiger partial charge in [-0.15, -0.1) is 0 Å². The minimum absolute atomic E-state index is 0.470. The summed E-state index contributed by atoms with van der Waals surface area (Å²) in [5.41, 5.74) is 0. The van der Waals surface area contributed by atoms with Gasteiger partial charge in [0.15, 0.2) is 0 Å². The van der Waals surface area contributed by atoms with Gasteiger partial charge in [0.1, 0.15) is 0 Å². The van der Waals surface area contributed by atoms with Gasteiger partial charge in [0.05, 0.1) is 0 Å². The lowest BCUT2D eigenvalue weighted by Crippen LogP contribution is -1.42. The van der Waals surface area contributed by atoms with Crippen LogP contribution in [-0.4, -0.2) is 0 Å². The molecule has 0 rings (SSSR count). The predicted octanol–water partition coefficient (Wildman–Crippen LogP) is 1.69. The van der Waals surface area contributed by atoms with E-state index in [9.17, 15) is 0 Å². The van der Waals surface area contributed by atoms with Crippen molar-refractivity contribution >= 4 is 15.9 Å². The van der Waals surface area contributed by atoms with E-state index in [4.69, 9.17) is 13.2 Å². The van der Waals surface area contributed by atoms with Gasteiger partial charge in [-0.05, 0) is 12.7 Å². The van der Waals surface area contributed by atoms with Crippen molar-refractivity contribution in [2.45, 2.75) is 0 Å². The Morgan fingerprint density at radius 1 is 1.80 bits per heavy atom. The molecule has 2 radical (unpaired) electrons. The Bertz CT molecular complexity index is 54.7. The van der Waals surface area contributed by atoms with Crippen LogP contribution < -0.4 is 0 Å². The summed E-state index contributed by atoms with van der Waals surface area (Å²) in [5.74, 6) is 0. The van der Waals surface area contributed by atoms with E-state index in [1.165, 1.54) is 6.08 Å². The largest absolute Gasteiger partial charge is 0.0611 e. The summed E-state index contributed by atoms with van der Waals surface area (Å²) >= 11 is 2.89. The van der Waals surface area contributed by atoms with Crippen molar-refractivity contribution in [3.8, 4) is 0 Å².